The Hall–Kier alpha value is -1.40. The molecule has 1 aliphatic rings. The van der Waals surface area contributed by atoms with Crippen molar-refractivity contribution in [3.8, 4) is 0 Å². The van der Waals surface area contributed by atoms with E-state index in [1.54, 1.807) is 12.1 Å². The van der Waals surface area contributed by atoms with E-state index in [-0.39, 0.29) is 22.9 Å². The number of nitrogens with one attached hydrogen (secondary N) is 2. The normalized spacial score (nSPS) is 16.0. The van der Waals surface area contributed by atoms with Gasteiger partial charge < -0.3 is 5.32 Å². The molecule has 1 atom stereocenters. The summed E-state index contributed by atoms with van der Waals surface area (Å²) in [5, 5.41) is 2.97. The summed E-state index contributed by atoms with van der Waals surface area (Å²) >= 11 is 0. The second-order valence-electron chi connectivity index (χ2n) is 6.74. The first-order valence-corrected chi connectivity index (χ1v) is 10.3. The lowest BCUT2D eigenvalue weighted by atomic mass is 10.1. The van der Waals surface area contributed by atoms with Crippen molar-refractivity contribution in [2.75, 3.05) is 0 Å². The van der Waals surface area contributed by atoms with Crippen molar-refractivity contribution in [1.82, 2.24) is 10.0 Å². The third-order valence-corrected chi connectivity index (χ3v) is 5.80. The lowest BCUT2D eigenvalue weighted by Crippen LogP contribution is -2.33. The van der Waals surface area contributed by atoms with Crippen LogP contribution >= 0.6 is 0 Å². The molecule has 0 heterocycles. The molecule has 0 spiro atoms. The highest BCUT2D eigenvalue weighted by molar-refractivity contribution is 7.89. The van der Waals surface area contributed by atoms with E-state index < -0.39 is 10.0 Å². The van der Waals surface area contributed by atoms with Gasteiger partial charge in [0.25, 0.3) is 5.91 Å². The molecule has 1 saturated carbocycles. The molecule has 1 amide bonds. The number of rotatable bonds is 9. The number of unbranched alkanes of at least 4 members (excludes halogenated alkanes) is 2. The van der Waals surface area contributed by atoms with Crippen molar-refractivity contribution < 1.29 is 13.2 Å². The van der Waals surface area contributed by atoms with Gasteiger partial charge in [0.2, 0.25) is 10.0 Å². The molecule has 1 aliphatic carbocycles. The standard InChI is InChI=1S/C18H28N2O3S/c1-4-5-6-7-14(3)19-18(21)17-12-16(11-8-13(17)2)24(22,23)20-15-9-10-15/h8,11-12,14-15,20H,4-7,9-10H2,1-3H3,(H,19,21). The van der Waals surface area contributed by atoms with Gasteiger partial charge in [-0.05, 0) is 50.8 Å². The van der Waals surface area contributed by atoms with E-state index in [1.165, 1.54) is 6.07 Å². The minimum atomic E-state index is -3.55. The quantitative estimate of drug-likeness (QED) is 0.671. The highest BCUT2D eigenvalue weighted by Crippen LogP contribution is 2.23. The van der Waals surface area contributed by atoms with Gasteiger partial charge in [0, 0.05) is 17.6 Å². The number of aryl methyl sites for hydroxylation is 1. The number of carbonyl (C=O) groups excluding carboxylic acids is 1. The molecule has 0 aromatic heterocycles. The van der Waals surface area contributed by atoms with Crippen molar-refractivity contribution in [3.05, 3.63) is 29.3 Å². The first-order chi connectivity index (χ1) is 11.3. The zero-order valence-corrected chi connectivity index (χ0v) is 15.6. The van der Waals surface area contributed by atoms with Crippen molar-refractivity contribution in [2.45, 2.75) is 76.3 Å². The number of benzene rings is 1. The van der Waals surface area contributed by atoms with E-state index in [9.17, 15) is 13.2 Å². The van der Waals surface area contributed by atoms with Gasteiger partial charge in [0.15, 0.2) is 0 Å². The van der Waals surface area contributed by atoms with Crippen LogP contribution in [0.25, 0.3) is 0 Å². The molecule has 134 valence electrons. The van der Waals surface area contributed by atoms with Crippen LogP contribution in [-0.2, 0) is 10.0 Å². The molecule has 0 radical (unpaired) electrons. The van der Waals surface area contributed by atoms with Gasteiger partial charge in [-0.15, -0.1) is 0 Å². The molecule has 0 bridgehead atoms. The number of hydrogen-bond acceptors (Lipinski definition) is 3. The second kappa shape index (κ2) is 8.12. The number of hydrogen-bond donors (Lipinski definition) is 2. The Labute approximate surface area is 145 Å². The molecular weight excluding hydrogens is 324 g/mol. The van der Waals surface area contributed by atoms with Crippen LogP contribution in [0, 0.1) is 6.92 Å². The Kier molecular flexibility index (Phi) is 6.40. The summed E-state index contributed by atoms with van der Waals surface area (Å²) in [6.07, 6.45) is 6.07. The lowest BCUT2D eigenvalue weighted by molar-refractivity contribution is 0.0937. The van der Waals surface area contributed by atoms with E-state index in [1.807, 2.05) is 13.8 Å². The number of amides is 1. The van der Waals surface area contributed by atoms with Crippen LogP contribution < -0.4 is 10.0 Å². The molecule has 1 unspecified atom stereocenters. The predicted octanol–water partition coefficient (Wildman–Crippen LogP) is 3.13. The highest BCUT2D eigenvalue weighted by atomic mass is 32.2. The SMILES string of the molecule is CCCCCC(C)NC(=O)c1cc(S(=O)(=O)NC2CC2)ccc1C. The van der Waals surface area contributed by atoms with Crippen LogP contribution in [0.4, 0.5) is 0 Å². The maximum Gasteiger partial charge on any atom is 0.251 e. The van der Waals surface area contributed by atoms with Crippen LogP contribution in [0.3, 0.4) is 0 Å². The first-order valence-electron chi connectivity index (χ1n) is 8.77. The fourth-order valence-corrected chi connectivity index (χ4v) is 3.91. The van der Waals surface area contributed by atoms with Crippen LogP contribution in [0.2, 0.25) is 0 Å². The first kappa shape index (κ1) is 18.9. The van der Waals surface area contributed by atoms with Crippen molar-refractivity contribution in [1.29, 1.82) is 0 Å². The Morgan fingerprint density at radius 2 is 2.00 bits per heavy atom. The molecule has 1 fully saturated rings. The van der Waals surface area contributed by atoms with Gasteiger partial charge in [-0.25, -0.2) is 13.1 Å². The van der Waals surface area contributed by atoms with Crippen LogP contribution in [0.5, 0.6) is 0 Å². The van der Waals surface area contributed by atoms with Crippen LogP contribution in [0.15, 0.2) is 23.1 Å². The van der Waals surface area contributed by atoms with Gasteiger partial charge in [-0.1, -0.05) is 32.3 Å². The summed E-state index contributed by atoms with van der Waals surface area (Å²) in [5.74, 6) is -0.208. The largest absolute Gasteiger partial charge is 0.350 e. The Bertz CT molecular complexity index is 682. The molecule has 1 aromatic rings. The van der Waals surface area contributed by atoms with Crippen LogP contribution in [-0.4, -0.2) is 26.4 Å². The molecule has 1 aromatic carbocycles. The van der Waals surface area contributed by atoms with Gasteiger partial charge >= 0.3 is 0 Å². The topological polar surface area (TPSA) is 75.3 Å². The fourth-order valence-electron chi connectivity index (χ4n) is 2.58. The average molecular weight is 353 g/mol. The molecule has 6 heteroatoms. The van der Waals surface area contributed by atoms with Gasteiger partial charge in [0.05, 0.1) is 4.90 Å². The summed E-state index contributed by atoms with van der Waals surface area (Å²) in [7, 11) is -3.55. The third-order valence-electron chi connectivity index (χ3n) is 4.28. The average Bonchev–Trinajstić information content (AvgIpc) is 3.30. The summed E-state index contributed by atoms with van der Waals surface area (Å²) in [6, 6.07) is 4.86. The van der Waals surface area contributed by atoms with Gasteiger partial charge in [-0.3, -0.25) is 4.79 Å². The summed E-state index contributed by atoms with van der Waals surface area (Å²) in [6.45, 7) is 5.95. The minimum Gasteiger partial charge on any atom is -0.350 e. The summed E-state index contributed by atoms with van der Waals surface area (Å²) in [4.78, 5) is 12.7. The molecular formula is C18H28N2O3S. The van der Waals surface area contributed by atoms with E-state index in [0.717, 1.165) is 44.1 Å². The van der Waals surface area contributed by atoms with Gasteiger partial charge in [0.1, 0.15) is 0 Å². The molecule has 24 heavy (non-hydrogen) atoms. The van der Waals surface area contributed by atoms with E-state index >= 15 is 0 Å². The third kappa shape index (κ3) is 5.31. The Morgan fingerprint density at radius 1 is 1.29 bits per heavy atom. The Morgan fingerprint density at radius 3 is 2.62 bits per heavy atom. The smallest absolute Gasteiger partial charge is 0.251 e. The number of sulfonamides is 1. The molecule has 2 N–H and O–H groups in total. The van der Waals surface area contributed by atoms with E-state index in [4.69, 9.17) is 0 Å². The zero-order valence-electron chi connectivity index (χ0n) is 14.8. The van der Waals surface area contributed by atoms with E-state index in [2.05, 4.69) is 17.0 Å². The maximum atomic E-state index is 12.5. The van der Waals surface area contributed by atoms with Crippen LogP contribution in [0.1, 0.15) is 68.3 Å². The lowest BCUT2D eigenvalue weighted by Gasteiger charge is -2.15. The molecule has 2 rings (SSSR count). The summed E-state index contributed by atoms with van der Waals surface area (Å²) in [5.41, 5.74) is 1.20. The molecule has 5 nitrogen and oxygen atoms in total. The molecule has 0 saturated heterocycles. The minimum absolute atomic E-state index is 0.0483. The number of carbonyl (C=O) groups is 1. The van der Waals surface area contributed by atoms with Crippen molar-refractivity contribution >= 4 is 15.9 Å². The maximum absolute atomic E-state index is 12.5. The van der Waals surface area contributed by atoms with E-state index in [0.29, 0.717) is 5.56 Å². The molecule has 0 aliphatic heterocycles. The van der Waals surface area contributed by atoms with Crippen molar-refractivity contribution in [3.63, 3.8) is 0 Å². The highest BCUT2D eigenvalue weighted by Gasteiger charge is 2.28. The Balaban J connectivity index is 2.08. The van der Waals surface area contributed by atoms with Gasteiger partial charge in [-0.2, -0.15) is 0 Å². The fraction of sp³-hybridized carbons (Fsp3) is 0.611. The predicted molar refractivity (Wildman–Crippen MR) is 95.6 cm³/mol. The second-order valence-corrected chi connectivity index (χ2v) is 8.46. The van der Waals surface area contributed by atoms with Crippen molar-refractivity contribution in [2.24, 2.45) is 0 Å². The monoisotopic (exact) mass is 352 g/mol. The zero-order chi connectivity index (χ0) is 17.7. The summed E-state index contributed by atoms with van der Waals surface area (Å²) < 4.78 is 27.3.